The Morgan fingerprint density at radius 2 is 1.73 bits per heavy atom. The van der Waals surface area contributed by atoms with Crippen molar-refractivity contribution in [2.45, 2.75) is 45.6 Å². The van der Waals surface area contributed by atoms with Crippen LogP contribution in [0, 0.1) is 5.92 Å². The summed E-state index contributed by atoms with van der Waals surface area (Å²) in [6.07, 6.45) is 1.68. The highest BCUT2D eigenvalue weighted by Crippen LogP contribution is 2.25. The Morgan fingerprint density at radius 3 is 2.46 bits per heavy atom. The van der Waals surface area contributed by atoms with Crippen molar-refractivity contribution in [2.24, 2.45) is 5.92 Å². The van der Waals surface area contributed by atoms with Crippen molar-refractivity contribution in [2.75, 3.05) is 23.7 Å². The Labute approximate surface area is 245 Å². The summed E-state index contributed by atoms with van der Waals surface area (Å²) in [6, 6.07) is 22.2. The molecule has 212 valence electrons. The summed E-state index contributed by atoms with van der Waals surface area (Å²) in [5, 5.41) is 10.6. The van der Waals surface area contributed by atoms with Gasteiger partial charge in [0.1, 0.15) is 0 Å². The van der Waals surface area contributed by atoms with Gasteiger partial charge in [-0.15, -0.1) is 0 Å². The molecule has 0 aliphatic carbocycles. The highest BCUT2D eigenvalue weighted by atomic mass is 35.5. The lowest BCUT2D eigenvalue weighted by atomic mass is 9.87. The average molecular weight is 572 g/mol. The number of amides is 2. The van der Waals surface area contributed by atoms with Crippen LogP contribution in [0.2, 0.25) is 5.02 Å². The van der Waals surface area contributed by atoms with Gasteiger partial charge >= 0.3 is 0 Å². The van der Waals surface area contributed by atoms with Crippen molar-refractivity contribution in [1.82, 2.24) is 15.0 Å². The summed E-state index contributed by atoms with van der Waals surface area (Å²) >= 11 is 6.08. The van der Waals surface area contributed by atoms with Crippen molar-refractivity contribution >= 4 is 34.8 Å². The van der Waals surface area contributed by atoms with Gasteiger partial charge in [-0.05, 0) is 72.8 Å². The van der Waals surface area contributed by atoms with Gasteiger partial charge in [0.25, 0.3) is 5.91 Å². The number of carbonyl (C=O) groups excluding carboxylic acids is 2. The van der Waals surface area contributed by atoms with Gasteiger partial charge in [-0.2, -0.15) is 4.98 Å². The Bertz CT molecular complexity index is 1530. The number of halogens is 1. The number of anilines is 2. The first-order valence-electron chi connectivity index (χ1n) is 13.8. The molecule has 1 unspecified atom stereocenters. The Kier molecular flexibility index (Phi) is 8.52. The van der Waals surface area contributed by atoms with Gasteiger partial charge in [0.2, 0.25) is 17.6 Å². The van der Waals surface area contributed by atoms with Crippen LogP contribution in [0.4, 0.5) is 11.4 Å². The van der Waals surface area contributed by atoms with Crippen LogP contribution in [0.1, 0.15) is 55.4 Å². The summed E-state index contributed by atoms with van der Waals surface area (Å²) < 4.78 is 5.47. The molecule has 1 aromatic heterocycles. The van der Waals surface area contributed by atoms with E-state index in [2.05, 4.69) is 46.4 Å². The van der Waals surface area contributed by atoms with Crippen LogP contribution < -0.4 is 10.6 Å². The lowest BCUT2D eigenvalue weighted by molar-refractivity contribution is -0.121. The van der Waals surface area contributed by atoms with E-state index in [-0.39, 0.29) is 23.1 Å². The maximum atomic E-state index is 13.2. The predicted molar refractivity (Wildman–Crippen MR) is 161 cm³/mol. The molecule has 1 aliphatic rings. The van der Waals surface area contributed by atoms with E-state index in [1.807, 2.05) is 54.6 Å². The average Bonchev–Trinajstić information content (AvgIpc) is 3.41. The lowest BCUT2D eigenvalue weighted by Crippen LogP contribution is -2.40. The highest BCUT2D eigenvalue weighted by molar-refractivity contribution is 6.30. The summed E-state index contributed by atoms with van der Waals surface area (Å²) in [5.41, 5.74) is 3.81. The Morgan fingerprint density at radius 1 is 1.00 bits per heavy atom. The number of rotatable bonds is 7. The molecule has 0 bridgehead atoms. The third-order valence-corrected chi connectivity index (χ3v) is 7.42. The smallest absolute Gasteiger partial charge is 0.255 e. The van der Waals surface area contributed by atoms with E-state index >= 15 is 0 Å². The zero-order chi connectivity index (χ0) is 29.0. The number of nitrogens with one attached hydrogen (secondary N) is 2. The second kappa shape index (κ2) is 12.2. The molecule has 41 heavy (non-hydrogen) atoms. The number of nitrogens with zero attached hydrogens (tertiary/aromatic N) is 3. The molecule has 9 heteroatoms. The van der Waals surface area contributed by atoms with Gasteiger partial charge in [0.05, 0.1) is 12.5 Å². The minimum atomic E-state index is -0.198. The molecule has 1 aliphatic heterocycles. The molecule has 2 heterocycles. The highest BCUT2D eigenvalue weighted by Gasteiger charge is 2.27. The molecule has 1 atom stereocenters. The fourth-order valence-corrected chi connectivity index (χ4v) is 5.10. The third-order valence-electron chi connectivity index (χ3n) is 7.19. The van der Waals surface area contributed by atoms with Crippen LogP contribution in [0.3, 0.4) is 0 Å². The Balaban J connectivity index is 1.16. The molecule has 4 aromatic rings. The SMILES string of the molecule is CC(C)(C)c1ccc(C(=O)Nc2cccc(NC(=O)C3CCCN(Cc4nc(-c5cccc(Cl)c5)no4)C3)c2)cc1. The van der Waals surface area contributed by atoms with Crippen LogP contribution in [0.25, 0.3) is 11.4 Å². The topological polar surface area (TPSA) is 100 Å². The van der Waals surface area contributed by atoms with Crippen molar-refractivity contribution in [3.05, 3.63) is 94.8 Å². The predicted octanol–water partition coefficient (Wildman–Crippen LogP) is 6.79. The van der Waals surface area contributed by atoms with Crippen LogP contribution in [0.5, 0.6) is 0 Å². The number of piperidine rings is 1. The summed E-state index contributed by atoms with van der Waals surface area (Å²) in [6.45, 7) is 8.31. The zero-order valence-corrected chi connectivity index (χ0v) is 24.2. The molecule has 5 rings (SSSR count). The monoisotopic (exact) mass is 571 g/mol. The standard InChI is InChI=1S/C32H34ClN5O3/c1-32(2,3)24-14-12-21(13-15-24)30(39)34-26-10-5-11-27(18-26)35-31(40)23-8-6-16-38(19-23)20-28-36-29(37-41-28)22-7-4-9-25(33)17-22/h4-5,7,9-15,17-18,23H,6,8,16,19-20H2,1-3H3,(H,34,39)(H,35,40). The number of aromatic nitrogens is 2. The minimum Gasteiger partial charge on any atom is -0.338 e. The number of hydrogen-bond acceptors (Lipinski definition) is 6. The van der Waals surface area contributed by atoms with Crippen molar-refractivity contribution in [3.63, 3.8) is 0 Å². The van der Waals surface area contributed by atoms with Gasteiger partial charge in [0, 0.05) is 34.1 Å². The fourth-order valence-electron chi connectivity index (χ4n) is 4.91. The van der Waals surface area contributed by atoms with E-state index in [9.17, 15) is 9.59 Å². The fraction of sp³-hybridized carbons (Fsp3) is 0.312. The minimum absolute atomic E-state index is 0.0188. The van der Waals surface area contributed by atoms with Gasteiger partial charge in [-0.3, -0.25) is 14.5 Å². The van der Waals surface area contributed by atoms with Crippen molar-refractivity contribution in [1.29, 1.82) is 0 Å². The molecule has 2 amide bonds. The molecule has 1 saturated heterocycles. The van der Waals surface area contributed by atoms with Gasteiger partial charge in [-0.25, -0.2) is 0 Å². The maximum Gasteiger partial charge on any atom is 0.255 e. The van der Waals surface area contributed by atoms with E-state index in [4.69, 9.17) is 16.1 Å². The van der Waals surface area contributed by atoms with Crippen LogP contribution in [-0.4, -0.2) is 39.9 Å². The molecule has 1 fully saturated rings. The van der Waals surface area contributed by atoms with E-state index in [0.717, 1.165) is 24.9 Å². The molecule has 2 N–H and O–H groups in total. The first kappa shape index (κ1) is 28.5. The second-order valence-corrected chi connectivity index (χ2v) is 11.9. The maximum absolute atomic E-state index is 13.2. The molecule has 3 aromatic carbocycles. The molecular weight excluding hydrogens is 538 g/mol. The first-order valence-corrected chi connectivity index (χ1v) is 14.2. The molecular formula is C32H34ClN5O3. The number of carbonyl (C=O) groups is 2. The Hall–Kier alpha value is -4.01. The summed E-state index contributed by atoms with van der Waals surface area (Å²) in [4.78, 5) is 32.6. The lowest BCUT2D eigenvalue weighted by Gasteiger charge is -2.30. The third kappa shape index (κ3) is 7.39. The van der Waals surface area contributed by atoms with Crippen molar-refractivity contribution in [3.8, 4) is 11.4 Å². The van der Waals surface area contributed by atoms with E-state index in [1.54, 1.807) is 18.2 Å². The summed E-state index contributed by atoms with van der Waals surface area (Å²) in [5.74, 6) is 0.552. The number of likely N-dealkylation sites (tertiary alicyclic amines) is 1. The normalized spacial score (nSPS) is 15.9. The van der Waals surface area contributed by atoms with E-state index in [1.165, 1.54) is 5.56 Å². The summed E-state index contributed by atoms with van der Waals surface area (Å²) in [7, 11) is 0. The molecule has 0 spiro atoms. The zero-order valence-electron chi connectivity index (χ0n) is 23.5. The molecule has 0 saturated carbocycles. The van der Waals surface area contributed by atoms with Crippen molar-refractivity contribution < 1.29 is 14.1 Å². The molecule has 8 nitrogen and oxygen atoms in total. The van der Waals surface area contributed by atoms with E-state index in [0.29, 0.717) is 46.8 Å². The van der Waals surface area contributed by atoms with Crippen LogP contribution in [-0.2, 0) is 16.8 Å². The quantitative estimate of drug-likeness (QED) is 0.253. The van der Waals surface area contributed by atoms with Crippen LogP contribution >= 0.6 is 11.6 Å². The number of hydrogen-bond donors (Lipinski definition) is 2. The van der Waals surface area contributed by atoms with Gasteiger partial charge in [0.15, 0.2) is 0 Å². The molecule has 0 radical (unpaired) electrons. The van der Waals surface area contributed by atoms with E-state index < -0.39 is 0 Å². The van der Waals surface area contributed by atoms with Crippen LogP contribution in [0.15, 0.2) is 77.3 Å². The number of benzene rings is 3. The van der Waals surface area contributed by atoms with Gasteiger partial charge in [-0.1, -0.05) is 67.9 Å². The first-order chi connectivity index (χ1) is 19.6. The largest absolute Gasteiger partial charge is 0.338 e. The second-order valence-electron chi connectivity index (χ2n) is 11.4. The van der Waals surface area contributed by atoms with Gasteiger partial charge < -0.3 is 15.2 Å².